The highest BCUT2D eigenvalue weighted by molar-refractivity contribution is 6.58. The molecule has 86 valence electrons. The molecule has 0 spiro atoms. The Morgan fingerprint density at radius 3 is 2.75 bits per heavy atom. The average molecular weight is 226 g/mol. The van der Waals surface area contributed by atoms with E-state index < -0.39 is 19.0 Å². The van der Waals surface area contributed by atoms with Crippen LogP contribution in [0.2, 0.25) is 0 Å². The molecule has 1 aromatic carbocycles. The predicted molar refractivity (Wildman–Crippen MR) is 58.9 cm³/mol. The molecular formula is C9H12BFN2O3. The fraction of sp³-hybridized carbons (Fsp3) is 0.222. The summed E-state index contributed by atoms with van der Waals surface area (Å²) < 4.78 is 13.6. The first-order valence-corrected chi connectivity index (χ1v) is 4.75. The molecule has 0 atom stereocenters. The van der Waals surface area contributed by atoms with Gasteiger partial charge in [0.05, 0.1) is 5.69 Å². The fourth-order valence-electron chi connectivity index (χ4n) is 1.17. The Bertz CT molecular complexity index is 387. The van der Waals surface area contributed by atoms with E-state index in [1.807, 2.05) is 0 Å². The van der Waals surface area contributed by atoms with E-state index in [2.05, 4.69) is 10.6 Å². The Morgan fingerprint density at radius 2 is 2.19 bits per heavy atom. The Kier molecular flexibility index (Phi) is 4.27. The smallest absolute Gasteiger partial charge is 0.423 e. The molecule has 0 bridgehead atoms. The molecule has 5 nitrogen and oxygen atoms in total. The van der Waals surface area contributed by atoms with E-state index in [0.29, 0.717) is 6.54 Å². The van der Waals surface area contributed by atoms with Gasteiger partial charge in [0.1, 0.15) is 5.82 Å². The summed E-state index contributed by atoms with van der Waals surface area (Å²) in [5.41, 5.74) is -0.383. The van der Waals surface area contributed by atoms with Gasteiger partial charge in [0, 0.05) is 12.0 Å². The molecule has 0 aliphatic rings. The topological polar surface area (TPSA) is 81.6 Å². The van der Waals surface area contributed by atoms with Crippen LogP contribution in [-0.2, 0) is 0 Å². The van der Waals surface area contributed by atoms with Crippen molar-refractivity contribution in [3.63, 3.8) is 0 Å². The third-order valence-electron chi connectivity index (χ3n) is 1.89. The Morgan fingerprint density at radius 1 is 1.50 bits per heavy atom. The number of amides is 2. The molecule has 4 N–H and O–H groups in total. The van der Waals surface area contributed by atoms with Crippen LogP contribution < -0.4 is 16.1 Å². The van der Waals surface area contributed by atoms with Gasteiger partial charge in [-0.3, -0.25) is 0 Å². The van der Waals surface area contributed by atoms with E-state index in [4.69, 9.17) is 10.0 Å². The van der Waals surface area contributed by atoms with Gasteiger partial charge in [0.2, 0.25) is 0 Å². The Labute approximate surface area is 92.4 Å². The quantitative estimate of drug-likeness (QED) is 0.531. The zero-order chi connectivity index (χ0) is 12.1. The molecule has 0 saturated carbocycles. The number of hydrogen-bond donors (Lipinski definition) is 4. The van der Waals surface area contributed by atoms with Gasteiger partial charge in [0.25, 0.3) is 0 Å². The van der Waals surface area contributed by atoms with Gasteiger partial charge < -0.3 is 20.7 Å². The van der Waals surface area contributed by atoms with E-state index in [9.17, 15) is 9.18 Å². The summed E-state index contributed by atoms with van der Waals surface area (Å²) >= 11 is 0. The number of benzene rings is 1. The first-order chi connectivity index (χ1) is 7.56. The number of carbonyl (C=O) groups is 1. The zero-order valence-electron chi connectivity index (χ0n) is 8.70. The van der Waals surface area contributed by atoms with Crippen LogP contribution in [0.1, 0.15) is 6.92 Å². The summed E-state index contributed by atoms with van der Waals surface area (Å²) in [6.07, 6.45) is 0. The van der Waals surface area contributed by atoms with E-state index in [1.54, 1.807) is 6.92 Å². The summed E-state index contributed by atoms with van der Waals surface area (Å²) in [7, 11) is -1.91. The average Bonchev–Trinajstić information content (AvgIpc) is 2.21. The van der Waals surface area contributed by atoms with E-state index in [0.717, 1.165) is 0 Å². The van der Waals surface area contributed by atoms with E-state index in [1.165, 1.54) is 18.2 Å². The second-order valence-electron chi connectivity index (χ2n) is 3.07. The van der Waals surface area contributed by atoms with Crippen LogP contribution in [0.4, 0.5) is 14.9 Å². The molecule has 0 fully saturated rings. The highest BCUT2D eigenvalue weighted by Gasteiger charge is 2.19. The van der Waals surface area contributed by atoms with Crippen LogP contribution in [0, 0.1) is 5.82 Å². The molecule has 16 heavy (non-hydrogen) atoms. The molecule has 1 aromatic rings. The highest BCUT2D eigenvalue weighted by Crippen LogP contribution is 2.10. The second kappa shape index (κ2) is 5.48. The van der Waals surface area contributed by atoms with Crippen molar-refractivity contribution in [2.24, 2.45) is 0 Å². The van der Waals surface area contributed by atoms with Gasteiger partial charge in [-0.2, -0.15) is 0 Å². The van der Waals surface area contributed by atoms with Gasteiger partial charge in [-0.25, -0.2) is 9.18 Å². The molecule has 0 aliphatic heterocycles. The maximum Gasteiger partial charge on any atom is 0.491 e. The lowest BCUT2D eigenvalue weighted by Crippen LogP contribution is -2.35. The van der Waals surface area contributed by atoms with Crippen molar-refractivity contribution in [2.75, 3.05) is 11.9 Å². The van der Waals surface area contributed by atoms with Crippen LogP contribution in [0.3, 0.4) is 0 Å². The van der Waals surface area contributed by atoms with Gasteiger partial charge in [-0.15, -0.1) is 0 Å². The molecule has 0 unspecified atom stereocenters. The maximum atomic E-state index is 13.6. The SMILES string of the molecule is CCNC(=O)Nc1cccc(B(O)O)c1F. The Hall–Kier alpha value is -1.60. The molecule has 0 aromatic heterocycles. The van der Waals surface area contributed by atoms with E-state index in [-0.39, 0.29) is 11.2 Å². The maximum absolute atomic E-state index is 13.6. The number of rotatable bonds is 3. The van der Waals surface area contributed by atoms with Gasteiger partial charge in [0.15, 0.2) is 0 Å². The fourth-order valence-corrected chi connectivity index (χ4v) is 1.17. The molecule has 0 radical (unpaired) electrons. The number of halogens is 1. The number of carbonyl (C=O) groups excluding carboxylic acids is 1. The van der Waals surface area contributed by atoms with Crippen LogP contribution >= 0.6 is 0 Å². The number of hydrogen-bond acceptors (Lipinski definition) is 3. The molecule has 2 amide bonds. The van der Waals surface area contributed by atoms with Crippen LogP contribution in [-0.4, -0.2) is 29.7 Å². The summed E-state index contributed by atoms with van der Waals surface area (Å²) in [6, 6.07) is 3.42. The van der Waals surface area contributed by atoms with Crippen molar-refractivity contribution < 1.29 is 19.2 Å². The largest absolute Gasteiger partial charge is 0.491 e. The first-order valence-electron chi connectivity index (χ1n) is 4.75. The first kappa shape index (κ1) is 12.5. The second-order valence-corrected chi connectivity index (χ2v) is 3.07. The number of urea groups is 1. The minimum absolute atomic E-state index is 0.100. The molecule has 7 heteroatoms. The van der Waals surface area contributed by atoms with Crippen molar-refractivity contribution in [3.05, 3.63) is 24.0 Å². The molecule has 1 rings (SSSR count). The lowest BCUT2D eigenvalue weighted by molar-refractivity contribution is 0.252. The minimum Gasteiger partial charge on any atom is -0.423 e. The van der Waals surface area contributed by atoms with Gasteiger partial charge >= 0.3 is 13.1 Å². The minimum atomic E-state index is -1.91. The van der Waals surface area contributed by atoms with Crippen molar-refractivity contribution in [2.45, 2.75) is 6.92 Å². The van der Waals surface area contributed by atoms with Crippen LogP contribution in [0.5, 0.6) is 0 Å². The summed E-state index contributed by atoms with van der Waals surface area (Å²) in [6.45, 7) is 2.14. The standard InChI is InChI=1S/C9H12BFN2O3/c1-2-12-9(14)13-7-5-3-4-6(8(7)11)10(15)16/h3-5,15-16H,2H2,1H3,(H2,12,13,14). The highest BCUT2D eigenvalue weighted by atomic mass is 19.1. The molecule has 0 saturated heterocycles. The summed E-state index contributed by atoms with van der Waals surface area (Å²) in [5, 5.41) is 22.4. The number of nitrogens with one attached hydrogen (secondary N) is 2. The monoisotopic (exact) mass is 226 g/mol. The van der Waals surface area contributed by atoms with Crippen LogP contribution in [0.25, 0.3) is 0 Å². The summed E-state index contributed by atoms with van der Waals surface area (Å²) in [4.78, 5) is 11.1. The third kappa shape index (κ3) is 2.95. The zero-order valence-corrected chi connectivity index (χ0v) is 8.70. The lowest BCUT2D eigenvalue weighted by atomic mass is 9.79. The Balaban J connectivity index is 2.89. The lowest BCUT2D eigenvalue weighted by Gasteiger charge is -2.09. The van der Waals surface area contributed by atoms with E-state index >= 15 is 0 Å². The van der Waals surface area contributed by atoms with Crippen molar-refractivity contribution in [1.29, 1.82) is 0 Å². The normalized spacial score (nSPS) is 9.75. The predicted octanol–water partition coefficient (Wildman–Crippen LogP) is -0.353. The van der Waals surface area contributed by atoms with Crippen molar-refractivity contribution in [3.8, 4) is 0 Å². The molecule has 0 aliphatic carbocycles. The number of anilines is 1. The van der Waals surface area contributed by atoms with Gasteiger partial charge in [-0.05, 0) is 13.0 Å². The summed E-state index contributed by atoms with van der Waals surface area (Å²) in [5.74, 6) is -0.858. The van der Waals surface area contributed by atoms with Crippen molar-refractivity contribution >= 4 is 24.3 Å². The van der Waals surface area contributed by atoms with Crippen molar-refractivity contribution in [1.82, 2.24) is 5.32 Å². The van der Waals surface area contributed by atoms with Crippen LogP contribution in [0.15, 0.2) is 18.2 Å². The third-order valence-corrected chi connectivity index (χ3v) is 1.89. The molecular weight excluding hydrogens is 214 g/mol. The molecule has 0 heterocycles. The van der Waals surface area contributed by atoms with Gasteiger partial charge in [-0.1, -0.05) is 12.1 Å².